The highest BCUT2D eigenvalue weighted by Crippen LogP contribution is 2.36. The average Bonchev–Trinajstić information content (AvgIpc) is 2.46. The van der Waals surface area contributed by atoms with Gasteiger partial charge in [0.05, 0.1) is 11.3 Å². The first-order valence-corrected chi connectivity index (χ1v) is 6.51. The van der Waals surface area contributed by atoms with Crippen LogP contribution in [-0.4, -0.2) is 22.4 Å². The molecule has 0 fully saturated rings. The van der Waals surface area contributed by atoms with Crippen molar-refractivity contribution in [2.24, 2.45) is 0 Å². The van der Waals surface area contributed by atoms with Crippen molar-refractivity contribution in [3.8, 4) is 16.9 Å². The quantitative estimate of drug-likeness (QED) is 0.660. The van der Waals surface area contributed by atoms with E-state index >= 15 is 0 Å². The predicted octanol–water partition coefficient (Wildman–Crippen LogP) is 3.79. The Kier molecular flexibility index (Phi) is 4.72. The summed E-state index contributed by atoms with van der Waals surface area (Å²) in [6.07, 6.45) is -5.48. The summed E-state index contributed by atoms with van der Waals surface area (Å²) in [5, 5.41) is 19.9. The molecule has 0 saturated carbocycles. The topological polar surface area (TPSA) is 89.7 Å². The summed E-state index contributed by atoms with van der Waals surface area (Å²) in [5.74, 6) is -1.77. The number of nitro benzene ring substituents is 1. The number of carboxylic acids is 1. The maximum Gasteiger partial charge on any atom is 0.573 e. The molecule has 24 heavy (non-hydrogen) atoms. The zero-order valence-electron chi connectivity index (χ0n) is 11.9. The van der Waals surface area contributed by atoms with E-state index in [0.29, 0.717) is 0 Å². The number of alkyl halides is 3. The molecule has 0 unspecified atom stereocenters. The summed E-state index contributed by atoms with van der Waals surface area (Å²) in [5.41, 5.74) is -0.433. The van der Waals surface area contributed by atoms with Crippen LogP contribution < -0.4 is 4.74 Å². The predicted molar refractivity (Wildman–Crippen MR) is 76.6 cm³/mol. The zero-order valence-corrected chi connectivity index (χ0v) is 11.9. The van der Waals surface area contributed by atoms with Gasteiger partial charge in [0.1, 0.15) is 5.75 Å². The normalized spacial score (nSPS) is 11.1. The van der Waals surface area contributed by atoms with Crippen LogP contribution in [0.25, 0.3) is 11.1 Å². The Morgan fingerprint density at radius 3 is 2.46 bits per heavy atom. The van der Waals surface area contributed by atoms with Crippen molar-refractivity contribution in [3.05, 3.63) is 58.1 Å². The van der Waals surface area contributed by atoms with E-state index in [2.05, 4.69) is 4.74 Å². The second-order valence-electron chi connectivity index (χ2n) is 4.72. The maximum atomic E-state index is 12.5. The van der Waals surface area contributed by atoms with Gasteiger partial charge in [-0.25, -0.2) is 0 Å². The molecule has 0 aliphatic carbocycles. The number of hydrogen-bond donors (Lipinski definition) is 1. The molecule has 1 N–H and O–H groups in total. The van der Waals surface area contributed by atoms with Crippen molar-refractivity contribution in [1.82, 2.24) is 0 Å². The molecule has 0 radical (unpaired) electrons. The Morgan fingerprint density at radius 2 is 1.88 bits per heavy atom. The van der Waals surface area contributed by atoms with Crippen molar-refractivity contribution in [2.45, 2.75) is 12.8 Å². The van der Waals surface area contributed by atoms with Gasteiger partial charge in [0.15, 0.2) is 0 Å². The first kappa shape index (κ1) is 17.3. The molecule has 126 valence electrons. The highest BCUT2D eigenvalue weighted by Gasteiger charge is 2.32. The fraction of sp³-hybridized carbons (Fsp3) is 0.133. The monoisotopic (exact) mass is 341 g/mol. The lowest BCUT2D eigenvalue weighted by molar-refractivity contribution is -0.385. The summed E-state index contributed by atoms with van der Waals surface area (Å²) in [6.45, 7) is 0. The molecular formula is C15H10F3NO5. The Hall–Kier alpha value is -3.10. The summed E-state index contributed by atoms with van der Waals surface area (Å²) in [7, 11) is 0. The van der Waals surface area contributed by atoms with E-state index < -0.39 is 35.1 Å². The minimum Gasteiger partial charge on any atom is -0.481 e. The third-order valence-corrected chi connectivity index (χ3v) is 3.05. The van der Waals surface area contributed by atoms with E-state index in [4.69, 9.17) is 5.11 Å². The van der Waals surface area contributed by atoms with Gasteiger partial charge in [-0.2, -0.15) is 0 Å². The first-order chi connectivity index (χ1) is 11.2. The molecule has 6 nitrogen and oxygen atoms in total. The van der Waals surface area contributed by atoms with Gasteiger partial charge in [-0.1, -0.05) is 30.3 Å². The van der Waals surface area contributed by atoms with Crippen LogP contribution in [0, 0.1) is 10.1 Å². The molecule has 0 bridgehead atoms. The number of nitro groups is 1. The molecule has 0 amide bonds. The highest BCUT2D eigenvalue weighted by molar-refractivity contribution is 5.76. The molecule has 2 aromatic carbocycles. The van der Waals surface area contributed by atoms with Crippen molar-refractivity contribution < 1.29 is 32.7 Å². The van der Waals surface area contributed by atoms with Crippen LogP contribution in [-0.2, 0) is 11.2 Å². The minimum absolute atomic E-state index is 0.000185. The van der Waals surface area contributed by atoms with Gasteiger partial charge >= 0.3 is 12.3 Å². The Labute approximate surface area is 133 Å². The standard InChI is InChI=1S/C15H10F3NO5/c16-15(17,18)24-13-4-2-1-3-11(13)9-5-6-10(8-14(20)21)12(7-9)19(22)23/h1-7H,8H2,(H,20,21). The molecule has 0 aliphatic heterocycles. The van der Waals surface area contributed by atoms with Gasteiger partial charge in [-0.05, 0) is 11.6 Å². The molecule has 0 aliphatic rings. The van der Waals surface area contributed by atoms with Crippen LogP contribution in [0.15, 0.2) is 42.5 Å². The summed E-state index contributed by atoms with van der Waals surface area (Å²) < 4.78 is 41.3. The first-order valence-electron chi connectivity index (χ1n) is 6.51. The number of ether oxygens (including phenoxy) is 1. The Bertz CT molecular complexity index is 789. The number of benzene rings is 2. The van der Waals surface area contributed by atoms with E-state index in [1.807, 2.05) is 0 Å². The summed E-state index contributed by atoms with van der Waals surface area (Å²) in [6, 6.07) is 8.72. The van der Waals surface area contributed by atoms with Crippen molar-refractivity contribution in [1.29, 1.82) is 0 Å². The largest absolute Gasteiger partial charge is 0.573 e. The lowest BCUT2D eigenvalue weighted by Crippen LogP contribution is -2.17. The number of para-hydroxylation sites is 1. The Morgan fingerprint density at radius 1 is 1.21 bits per heavy atom. The Balaban J connectivity index is 2.52. The molecule has 0 spiro atoms. The smallest absolute Gasteiger partial charge is 0.481 e. The van der Waals surface area contributed by atoms with Gasteiger partial charge in [-0.15, -0.1) is 13.2 Å². The van der Waals surface area contributed by atoms with Gasteiger partial charge in [-0.3, -0.25) is 14.9 Å². The SMILES string of the molecule is O=C(O)Cc1ccc(-c2ccccc2OC(F)(F)F)cc1[N+](=O)[O-]. The van der Waals surface area contributed by atoms with Crippen LogP contribution in [0.1, 0.15) is 5.56 Å². The van der Waals surface area contributed by atoms with Crippen molar-refractivity contribution in [3.63, 3.8) is 0 Å². The zero-order chi connectivity index (χ0) is 17.9. The van der Waals surface area contributed by atoms with Crippen molar-refractivity contribution in [2.75, 3.05) is 0 Å². The molecule has 9 heteroatoms. The molecule has 2 rings (SSSR count). The number of aliphatic carboxylic acids is 1. The van der Waals surface area contributed by atoms with Crippen LogP contribution in [0.3, 0.4) is 0 Å². The number of halogens is 3. The molecule has 0 atom stereocenters. The number of carboxylic acid groups (broad SMARTS) is 1. The van der Waals surface area contributed by atoms with E-state index in [9.17, 15) is 28.1 Å². The lowest BCUT2D eigenvalue weighted by atomic mass is 10.0. The van der Waals surface area contributed by atoms with Gasteiger partial charge in [0.2, 0.25) is 0 Å². The fourth-order valence-electron chi connectivity index (χ4n) is 2.13. The molecule has 0 aromatic heterocycles. The van der Waals surface area contributed by atoms with Crippen LogP contribution in [0.5, 0.6) is 5.75 Å². The second-order valence-corrected chi connectivity index (χ2v) is 4.72. The van der Waals surface area contributed by atoms with E-state index in [0.717, 1.165) is 12.1 Å². The van der Waals surface area contributed by atoms with Crippen LogP contribution >= 0.6 is 0 Å². The number of carbonyl (C=O) groups is 1. The van der Waals surface area contributed by atoms with Gasteiger partial charge in [0.25, 0.3) is 5.69 Å². The van der Waals surface area contributed by atoms with Crippen LogP contribution in [0.2, 0.25) is 0 Å². The molecule has 0 saturated heterocycles. The second kappa shape index (κ2) is 6.57. The number of hydrogen-bond acceptors (Lipinski definition) is 4. The van der Waals surface area contributed by atoms with E-state index in [1.54, 1.807) is 0 Å². The fourth-order valence-corrected chi connectivity index (χ4v) is 2.13. The third-order valence-electron chi connectivity index (χ3n) is 3.05. The molecular weight excluding hydrogens is 331 g/mol. The van der Waals surface area contributed by atoms with E-state index in [-0.39, 0.29) is 16.7 Å². The average molecular weight is 341 g/mol. The highest BCUT2D eigenvalue weighted by atomic mass is 19.4. The maximum absolute atomic E-state index is 12.5. The lowest BCUT2D eigenvalue weighted by Gasteiger charge is -2.13. The molecule has 0 heterocycles. The minimum atomic E-state index is -4.91. The summed E-state index contributed by atoms with van der Waals surface area (Å²) >= 11 is 0. The van der Waals surface area contributed by atoms with Gasteiger partial charge in [0, 0.05) is 17.2 Å². The number of rotatable bonds is 5. The van der Waals surface area contributed by atoms with E-state index in [1.165, 1.54) is 30.3 Å². The van der Waals surface area contributed by atoms with Crippen molar-refractivity contribution >= 4 is 11.7 Å². The van der Waals surface area contributed by atoms with Crippen LogP contribution in [0.4, 0.5) is 18.9 Å². The van der Waals surface area contributed by atoms with Gasteiger partial charge < -0.3 is 9.84 Å². The molecule has 2 aromatic rings. The number of nitrogens with zero attached hydrogens (tertiary/aromatic N) is 1. The third kappa shape index (κ3) is 4.22. The summed E-state index contributed by atoms with van der Waals surface area (Å²) in [4.78, 5) is 21.1.